The summed E-state index contributed by atoms with van der Waals surface area (Å²) in [5, 5.41) is 8.57. The van der Waals surface area contributed by atoms with Gasteiger partial charge in [-0.2, -0.15) is 4.31 Å². The Hall–Kier alpha value is -1.44. The second-order valence-electron chi connectivity index (χ2n) is 5.12. The van der Waals surface area contributed by atoms with Crippen LogP contribution in [0.5, 0.6) is 0 Å². The van der Waals surface area contributed by atoms with Crippen molar-refractivity contribution in [2.75, 3.05) is 19.7 Å². The Bertz CT molecular complexity index is 606. The lowest BCUT2D eigenvalue weighted by Crippen LogP contribution is -2.41. The number of benzene rings is 1. The Morgan fingerprint density at radius 2 is 2.05 bits per heavy atom. The van der Waals surface area contributed by atoms with Crippen LogP contribution in [0.3, 0.4) is 0 Å². The lowest BCUT2D eigenvalue weighted by Gasteiger charge is -2.30. The SMILES string of the molecule is Cc1cccc(S(=O)(=O)N2CCC(OCC(=O)O)CC2)c1. The molecule has 2 rings (SSSR count). The highest BCUT2D eigenvalue weighted by molar-refractivity contribution is 7.89. The van der Waals surface area contributed by atoms with Gasteiger partial charge in [-0.25, -0.2) is 13.2 Å². The van der Waals surface area contributed by atoms with Crippen molar-refractivity contribution in [2.45, 2.75) is 30.8 Å². The smallest absolute Gasteiger partial charge is 0.329 e. The average Bonchev–Trinajstić information content (AvgIpc) is 2.45. The molecule has 7 heteroatoms. The van der Waals surface area contributed by atoms with E-state index in [1.165, 1.54) is 4.31 Å². The monoisotopic (exact) mass is 313 g/mol. The number of carboxylic acid groups (broad SMARTS) is 1. The van der Waals surface area contributed by atoms with Crippen LogP contribution >= 0.6 is 0 Å². The summed E-state index contributed by atoms with van der Waals surface area (Å²) in [5.41, 5.74) is 0.899. The van der Waals surface area contributed by atoms with Gasteiger partial charge in [0.2, 0.25) is 10.0 Å². The van der Waals surface area contributed by atoms with Crippen LogP contribution in [0.4, 0.5) is 0 Å². The second kappa shape index (κ2) is 6.55. The fraction of sp³-hybridized carbons (Fsp3) is 0.500. The Morgan fingerprint density at radius 3 is 2.62 bits per heavy atom. The van der Waals surface area contributed by atoms with Gasteiger partial charge in [0.1, 0.15) is 6.61 Å². The van der Waals surface area contributed by atoms with E-state index >= 15 is 0 Å². The van der Waals surface area contributed by atoms with Gasteiger partial charge in [-0.15, -0.1) is 0 Å². The van der Waals surface area contributed by atoms with Crippen LogP contribution in [0.25, 0.3) is 0 Å². The number of sulfonamides is 1. The number of carboxylic acids is 1. The van der Waals surface area contributed by atoms with Gasteiger partial charge in [0.15, 0.2) is 0 Å². The van der Waals surface area contributed by atoms with Gasteiger partial charge in [0.05, 0.1) is 11.0 Å². The molecule has 1 heterocycles. The third-order valence-corrected chi connectivity index (χ3v) is 5.37. The van der Waals surface area contributed by atoms with Gasteiger partial charge < -0.3 is 9.84 Å². The Balaban J connectivity index is 1.99. The quantitative estimate of drug-likeness (QED) is 0.884. The first-order valence-corrected chi connectivity index (χ1v) is 8.24. The lowest BCUT2D eigenvalue weighted by molar-refractivity contribution is -0.145. The maximum absolute atomic E-state index is 12.5. The summed E-state index contributed by atoms with van der Waals surface area (Å²) in [6, 6.07) is 6.83. The van der Waals surface area contributed by atoms with Gasteiger partial charge in [0, 0.05) is 13.1 Å². The molecule has 0 spiro atoms. The molecule has 1 aromatic rings. The number of piperidine rings is 1. The standard InChI is InChI=1S/C14H19NO5S/c1-11-3-2-4-13(9-11)21(18,19)15-7-5-12(6-8-15)20-10-14(16)17/h2-4,9,12H,5-8,10H2,1H3,(H,16,17). The molecule has 0 saturated carbocycles. The van der Waals surface area contributed by atoms with Gasteiger partial charge in [0.25, 0.3) is 0 Å². The van der Waals surface area contributed by atoms with E-state index in [2.05, 4.69) is 0 Å². The minimum atomic E-state index is -3.48. The molecule has 0 amide bonds. The first-order valence-electron chi connectivity index (χ1n) is 6.80. The van der Waals surface area contributed by atoms with Crippen molar-refractivity contribution in [3.63, 3.8) is 0 Å². The van der Waals surface area contributed by atoms with Crippen molar-refractivity contribution in [3.8, 4) is 0 Å². The van der Waals surface area contributed by atoms with Crippen molar-refractivity contribution in [3.05, 3.63) is 29.8 Å². The maximum Gasteiger partial charge on any atom is 0.329 e. The third kappa shape index (κ3) is 4.03. The summed E-state index contributed by atoms with van der Waals surface area (Å²) in [7, 11) is -3.48. The third-order valence-electron chi connectivity index (χ3n) is 3.47. The molecule has 0 radical (unpaired) electrons. The summed E-state index contributed by atoms with van der Waals surface area (Å²) < 4.78 is 31.6. The molecule has 1 fully saturated rings. The van der Waals surface area contributed by atoms with Crippen molar-refractivity contribution < 1.29 is 23.1 Å². The normalized spacial score (nSPS) is 17.8. The molecular formula is C14H19NO5S. The van der Waals surface area contributed by atoms with Crippen LogP contribution in [0.2, 0.25) is 0 Å². The second-order valence-corrected chi connectivity index (χ2v) is 7.06. The first-order chi connectivity index (χ1) is 9.89. The summed E-state index contributed by atoms with van der Waals surface area (Å²) >= 11 is 0. The van der Waals surface area contributed by atoms with E-state index in [1.807, 2.05) is 13.0 Å². The number of ether oxygens (including phenoxy) is 1. The molecular weight excluding hydrogens is 294 g/mol. The molecule has 1 saturated heterocycles. The van der Waals surface area contributed by atoms with E-state index < -0.39 is 16.0 Å². The minimum Gasteiger partial charge on any atom is -0.480 e. The van der Waals surface area contributed by atoms with Gasteiger partial charge >= 0.3 is 5.97 Å². The van der Waals surface area contributed by atoms with Crippen molar-refractivity contribution in [1.29, 1.82) is 0 Å². The fourth-order valence-corrected chi connectivity index (χ4v) is 3.93. The first kappa shape index (κ1) is 15.9. The van der Waals surface area contributed by atoms with Gasteiger partial charge in [-0.3, -0.25) is 0 Å². The number of carbonyl (C=O) groups is 1. The Kier molecular flexibility index (Phi) is 4.97. The summed E-state index contributed by atoms with van der Waals surface area (Å²) in [4.78, 5) is 10.7. The number of aryl methyl sites for hydroxylation is 1. The average molecular weight is 313 g/mol. The summed E-state index contributed by atoms with van der Waals surface area (Å²) in [6.45, 7) is 2.21. The molecule has 1 N–H and O–H groups in total. The molecule has 21 heavy (non-hydrogen) atoms. The van der Waals surface area contributed by atoms with Crippen LogP contribution in [-0.4, -0.2) is 49.6 Å². The zero-order chi connectivity index (χ0) is 15.5. The highest BCUT2D eigenvalue weighted by atomic mass is 32.2. The van der Waals surface area contributed by atoms with Crippen molar-refractivity contribution in [1.82, 2.24) is 4.31 Å². The predicted molar refractivity (Wildman–Crippen MR) is 76.5 cm³/mol. The molecule has 1 aliphatic rings. The zero-order valence-electron chi connectivity index (χ0n) is 11.9. The molecule has 1 aromatic carbocycles. The van der Waals surface area contributed by atoms with Crippen LogP contribution in [0.1, 0.15) is 18.4 Å². The number of rotatable bonds is 5. The van der Waals surface area contributed by atoms with E-state index in [9.17, 15) is 13.2 Å². The van der Waals surface area contributed by atoms with Crippen LogP contribution in [-0.2, 0) is 19.6 Å². The largest absolute Gasteiger partial charge is 0.480 e. The molecule has 1 aliphatic heterocycles. The highest BCUT2D eigenvalue weighted by Gasteiger charge is 2.29. The highest BCUT2D eigenvalue weighted by Crippen LogP contribution is 2.22. The molecule has 0 aromatic heterocycles. The van der Waals surface area contributed by atoms with Crippen LogP contribution in [0, 0.1) is 6.92 Å². The van der Waals surface area contributed by atoms with Gasteiger partial charge in [-0.1, -0.05) is 12.1 Å². The van der Waals surface area contributed by atoms with Crippen molar-refractivity contribution in [2.24, 2.45) is 0 Å². The molecule has 116 valence electrons. The van der Waals surface area contributed by atoms with Crippen molar-refractivity contribution >= 4 is 16.0 Å². The molecule has 0 unspecified atom stereocenters. The van der Waals surface area contributed by atoms with Crippen LogP contribution < -0.4 is 0 Å². The molecule has 0 atom stereocenters. The Morgan fingerprint density at radius 1 is 1.38 bits per heavy atom. The molecule has 0 aliphatic carbocycles. The van der Waals surface area contributed by atoms with Gasteiger partial charge in [-0.05, 0) is 37.5 Å². The maximum atomic E-state index is 12.5. The van der Waals surface area contributed by atoms with E-state index in [4.69, 9.17) is 9.84 Å². The fourth-order valence-electron chi connectivity index (χ4n) is 2.35. The van der Waals surface area contributed by atoms with Crippen LogP contribution in [0.15, 0.2) is 29.2 Å². The zero-order valence-corrected chi connectivity index (χ0v) is 12.7. The topological polar surface area (TPSA) is 83.9 Å². The Labute approximate surface area is 124 Å². The van der Waals surface area contributed by atoms with E-state index in [-0.39, 0.29) is 12.7 Å². The molecule has 0 bridgehead atoms. The van der Waals surface area contributed by atoms with E-state index in [1.54, 1.807) is 18.2 Å². The number of nitrogens with zero attached hydrogens (tertiary/aromatic N) is 1. The summed E-state index contributed by atoms with van der Waals surface area (Å²) in [5.74, 6) is -1.01. The lowest BCUT2D eigenvalue weighted by atomic mass is 10.1. The van der Waals surface area contributed by atoms with E-state index in [0.717, 1.165) is 5.56 Å². The number of hydrogen-bond acceptors (Lipinski definition) is 4. The summed E-state index contributed by atoms with van der Waals surface area (Å²) in [6.07, 6.45) is 0.835. The minimum absolute atomic E-state index is 0.190. The predicted octanol–water partition coefficient (Wildman–Crippen LogP) is 1.25. The number of aliphatic carboxylic acids is 1. The molecule has 6 nitrogen and oxygen atoms in total. The number of hydrogen-bond donors (Lipinski definition) is 1. The van der Waals surface area contributed by atoms with E-state index in [0.29, 0.717) is 30.8 Å².